The average molecular weight is 507 g/mol. The lowest BCUT2D eigenvalue weighted by atomic mass is 10.1. The van der Waals surface area contributed by atoms with Gasteiger partial charge in [-0.05, 0) is 97.8 Å². The molecule has 1 saturated heterocycles. The summed E-state index contributed by atoms with van der Waals surface area (Å²) in [5, 5.41) is 28.3. The zero-order valence-electron chi connectivity index (χ0n) is 21.0. The number of nitrogens with one attached hydrogen (secondary N) is 3. The van der Waals surface area contributed by atoms with Crippen molar-refractivity contribution in [3.63, 3.8) is 0 Å². The minimum atomic E-state index is -0.255. The number of aliphatic hydroxyl groups excluding tert-OH is 1. The first-order valence-corrected chi connectivity index (χ1v) is 12.7. The molecule has 1 amide bonds. The molecule has 3 aromatic carbocycles. The Hall–Kier alpha value is -4.74. The normalized spacial score (nSPS) is 13.5. The lowest BCUT2D eigenvalue weighted by Gasteiger charge is -2.31. The molecule has 4 aromatic rings. The molecule has 0 saturated carbocycles. The number of nitrogens with zero attached hydrogens (tertiary/aromatic N) is 3. The highest BCUT2D eigenvalue weighted by Crippen LogP contribution is 2.26. The number of hydrogen-bond donors (Lipinski definition) is 4. The molecule has 38 heavy (non-hydrogen) atoms. The largest absolute Gasteiger partial charge is 0.393 e. The topological polar surface area (TPSA) is 105 Å². The Morgan fingerprint density at radius 2 is 1.32 bits per heavy atom. The molecular formula is C30H30N6O2. The van der Waals surface area contributed by atoms with Gasteiger partial charge in [0.1, 0.15) is 12.2 Å². The first kappa shape index (κ1) is 24.9. The van der Waals surface area contributed by atoms with Crippen molar-refractivity contribution in [2.45, 2.75) is 25.5 Å². The summed E-state index contributed by atoms with van der Waals surface area (Å²) in [5.74, 6) is -0.255. The molecule has 4 N–H and O–H groups in total. The van der Waals surface area contributed by atoms with Crippen LogP contribution in [0.25, 0.3) is 0 Å². The first-order valence-electron chi connectivity index (χ1n) is 12.7. The van der Waals surface area contributed by atoms with Gasteiger partial charge < -0.3 is 30.5 Å². The summed E-state index contributed by atoms with van der Waals surface area (Å²) in [4.78, 5) is 14.8. The number of benzene rings is 3. The van der Waals surface area contributed by atoms with Crippen molar-refractivity contribution in [1.29, 1.82) is 5.26 Å². The van der Waals surface area contributed by atoms with Gasteiger partial charge in [-0.3, -0.25) is 4.79 Å². The number of piperidine rings is 1. The number of carbonyl (C=O) groups is 1. The van der Waals surface area contributed by atoms with Crippen LogP contribution in [0.2, 0.25) is 0 Å². The van der Waals surface area contributed by atoms with E-state index in [1.165, 1.54) is 5.69 Å². The Kier molecular flexibility index (Phi) is 7.57. The molecule has 0 spiro atoms. The van der Waals surface area contributed by atoms with E-state index in [1.54, 1.807) is 22.9 Å². The van der Waals surface area contributed by atoms with Crippen LogP contribution in [0.3, 0.4) is 0 Å². The van der Waals surface area contributed by atoms with E-state index in [2.05, 4.69) is 51.2 Å². The van der Waals surface area contributed by atoms with Gasteiger partial charge in [0, 0.05) is 53.4 Å². The second kappa shape index (κ2) is 11.5. The smallest absolute Gasteiger partial charge is 0.272 e. The van der Waals surface area contributed by atoms with Gasteiger partial charge in [0.2, 0.25) is 0 Å². The maximum atomic E-state index is 12.5. The molecule has 0 bridgehead atoms. The SMILES string of the molecule is N#CCn1cccc1C(=O)Nc1ccc(Nc2ccc(Nc3ccc(N4CCC(O)CC4)cc3)cc2)cc1. The summed E-state index contributed by atoms with van der Waals surface area (Å²) in [6.45, 7) is 1.90. The minimum absolute atomic E-state index is 0.129. The van der Waals surface area contributed by atoms with E-state index in [0.29, 0.717) is 11.4 Å². The molecular weight excluding hydrogens is 476 g/mol. The Morgan fingerprint density at radius 3 is 1.84 bits per heavy atom. The summed E-state index contributed by atoms with van der Waals surface area (Å²) in [7, 11) is 0. The Morgan fingerprint density at radius 1 is 0.816 bits per heavy atom. The quantitative estimate of drug-likeness (QED) is 0.244. The predicted molar refractivity (Wildman–Crippen MR) is 151 cm³/mol. The summed E-state index contributed by atoms with van der Waals surface area (Å²) < 4.78 is 1.61. The van der Waals surface area contributed by atoms with Crippen LogP contribution in [0.5, 0.6) is 0 Å². The molecule has 1 aliphatic rings. The molecule has 8 heteroatoms. The van der Waals surface area contributed by atoms with E-state index in [4.69, 9.17) is 5.26 Å². The molecule has 1 aliphatic heterocycles. The van der Waals surface area contributed by atoms with Crippen molar-refractivity contribution in [2.75, 3.05) is 33.9 Å². The maximum Gasteiger partial charge on any atom is 0.272 e. The third-order valence-corrected chi connectivity index (χ3v) is 6.61. The molecule has 1 aromatic heterocycles. The standard InChI is InChI=1S/C30H30N6O2/c31-17-21-36-18-1-2-29(36)30(38)34-26-9-7-24(8-10-26)32-22-3-5-23(6-4-22)33-25-11-13-27(14-12-25)35-19-15-28(37)16-20-35/h1-14,18,28,32-33,37H,15-16,19-21H2,(H,34,38). The molecule has 0 unspecified atom stereocenters. The number of aromatic nitrogens is 1. The fourth-order valence-corrected chi connectivity index (χ4v) is 4.52. The van der Waals surface area contributed by atoms with Gasteiger partial charge in [-0.1, -0.05) is 0 Å². The lowest BCUT2D eigenvalue weighted by molar-refractivity contribution is 0.101. The van der Waals surface area contributed by atoms with Gasteiger partial charge in [-0.15, -0.1) is 0 Å². The summed E-state index contributed by atoms with van der Waals surface area (Å²) in [6.07, 6.45) is 3.18. The average Bonchev–Trinajstić information content (AvgIpc) is 3.41. The highest BCUT2D eigenvalue weighted by Gasteiger charge is 2.17. The van der Waals surface area contributed by atoms with Crippen molar-refractivity contribution in [1.82, 2.24) is 4.57 Å². The van der Waals surface area contributed by atoms with E-state index in [0.717, 1.165) is 48.7 Å². The zero-order valence-corrected chi connectivity index (χ0v) is 21.0. The number of hydrogen-bond acceptors (Lipinski definition) is 6. The number of aliphatic hydroxyl groups is 1. The number of anilines is 6. The van der Waals surface area contributed by atoms with Crippen LogP contribution >= 0.6 is 0 Å². The molecule has 5 rings (SSSR count). The number of amides is 1. The second-order valence-corrected chi connectivity index (χ2v) is 9.30. The fraction of sp³-hybridized carbons (Fsp3) is 0.200. The van der Waals surface area contributed by atoms with Crippen LogP contribution in [0.15, 0.2) is 91.1 Å². The number of carbonyl (C=O) groups excluding carboxylic acids is 1. The molecule has 0 radical (unpaired) electrons. The fourth-order valence-electron chi connectivity index (χ4n) is 4.52. The van der Waals surface area contributed by atoms with Gasteiger partial charge in [-0.2, -0.15) is 5.26 Å². The van der Waals surface area contributed by atoms with Gasteiger partial charge in [0.05, 0.1) is 12.2 Å². The number of nitriles is 1. The van der Waals surface area contributed by atoms with Crippen LogP contribution in [0.4, 0.5) is 34.1 Å². The van der Waals surface area contributed by atoms with Crippen molar-refractivity contribution in [2.24, 2.45) is 0 Å². The summed E-state index contributed by atoms with van der Waals surface area (Å²) in [6, 6.07) is 29.4. The molecule has 0 aliphatic carbocycles. The summed E-state index contributed by atoms with van der Waals surface area (Å²) >= 11 is 0. The molecule has 2 heterocycles. The van der Waals surface area contributed by atoms with Crippen LogP contribution in [-0.4, -0.2) is 34.8 Å². The van der Waals surface area contributed by atoms with Crippen LogP contribution < -0.4 is 20.9 Å². The van der Waals surface area contributed by atoms with Crippen LogP contribution in [0, 0.1) is 11.3 Å². The van der Waals surface area contributed by atoms with E-state index in [9.17, 15) is 9.90 Å². The van der Waals surface area contributed by atoms with Crippen molar-refractivity contribution >= 4 is 40.0 Å². The van der Waals surface area contributed by atoms with Crippen LogP contribution in [-0.2, 0) is 6.54 Å². The third kappa shape index (κ3) is 6.14. The van der Waals surface area contributed by atoms with E-state index < -0.39 is 0 Å². The molecule has 0 atom stereocenters. The maximum absolute atomic E-state index is 12.5. The summed E-state index contributed by atoms with van der Waals surface area (Å²) in [5.41, 5.74) is 6.16. The van der Waals surface area contributed by atoms with Gasteiger partial charge in [0.15, 0.2) is 0 Å². The first-order chi connectivity index (χ1) is 18.6. The molecule has 8 nitrogen and oxygen atoms in total. The number of rotatable bonds is 8. The monoisotopic (exact) mass is 506 g/mol. The van der Waals surface area contributed by atoms with E-state index in [-0.39, 0.29) is 18.6 Å². The minimum Gasteiger partial charge on any atom is -0.393 e. The van der Waals surface area contributed by atoms with Crippen LogP contribution in [0.1, 0.15) is 23.3 Å². The van der Waals surface area contributed by atoms with E-state index >= 15 is 0 Å². The second-order valence-electron chi connectivity index (χ2n) is 9.30. The third-order valence-electron chi connectivity index (χ3n) is 6.61. The van der Waals surface area contributed by atoms with Gasteiger partial charge >= 0.3 is 0 Å². The van der Waals surface area contributed by atoms with Crippen molar-refractivity contribution in [3.8, 4) is 6.07 Å². The van der Waals surface area contributed by atoms with Crippen molar-refractivity contribution in [3.05, 3.63) is 96.8 Å². The van der Waals surface area contributed by atoms with Gasteiger partial charge in [-0.25, -0.2) is 0 Å². The Labute approximate surface area is 222 Å². The van der Waals surface area contributed by atoms with Crippen molar-refractivity contribution < 1.29 is 9.90 Å². The highest BCUT2D eigenvalue weighted by atomic mass is 16.3. The Bertz CT molecular complexity index is 1400. The highest BCUT2D eigenvalue weighted by molar-refractivity contribution is 6.03. The zero-order chi connectivity index (χ0) is 26.3. The lowest BCUT2D eigenvalue weighted by Crippen LogP contribution is -2.35. The predicted octanol–water partition coefficient (Wildman–Crippen LogP) is 5.71. The molecule has 1 fully saturated rings. The van der Waals surface area contributed by atoms with Gasteiger partial charge in [0.25, 0.3) is 5.91 Å². The van der Waals surface area contributed by atoms with E-state index in [1.807, 2.05) is 48.5 Å². The Balaban J connectivity index is 1.14. The molecule has 192 valence electrons.